The van der Waals surface area contributed by atoms with E-state index >= 15 is 0 Å². The summed E-state index contributed by atoms with van der Waals surface area (Å²) in [5.41, 5.74) is 11.9. The number of nitrogens with zero attached hydrogens (tertiary/aromatic N) is 1. The van der Waals surface area contributed by atoms with Crippen molar-refractivity contribution in [3.8, 4) is 0 Å². The molecule has 84 valence electrons. The van der Waals surface area contributed by atoms with Crippen LogP contribution in [0, 0.1) is 0 Å². The molecule has 0 aromatic heterocycles. The molecule has 0 aliphatic heterocycles. The maximum absolute atomic E-state index is 10.8. The third-order valence-corrected chi connectivity index (χ3v) is 1.66. The zero-order valence-electron chi connectivity index (χ0n) is 8.90. The molecule has 6 heteroatoms. The lowest BCUT2D eigenvalue weighted by Crippen LogP contribution is -2.63. The molecular formula is C10H14N5O+. The summed E-state index contributed by atoms with van der Waals surface area (Å²) < 4.78 is 0. The van der Waals surface area contributed by atoms with E-state index in [9.17, 15) is 4.79 Å². The normalized spacial score (nSPS) is 10.1. The number of carbonyl (C=O) groups excluding carboxylic acids is 1. The Hall–Kier alpha value is -2.37. The van der Waals surface area contributed by atoms with E-state index in [4.69, 9.17) is 11.5 Å². The van der Waals surface area contributed by atoms with Crippen molar-refractivity contribution in [3.05, 3.63) is 29.8 Å². The SMILES string of the molecule is CC(=O)Nc1ccc(/C=[NH+]/N=C(N)N)cc1. The summed E-state index contributed by atoms with van der Waals surface area (Å²) in [6.45, 7) is 1.46. The maximum Gasteiger partial charge on any atom is 0.256 e. The standard InChI is InChI=1S/C10H13N5O/c1-7(16)14-9-4-2-8(3-5-9)6-13-15-10(11)12/h2-6H,1H3,(H,14,16)(H4,11,12,15)/p+1/b13-6+. The van der Waals surface area contributed by atoms with Gasteiger partial charge in [-0.25, -0.2) is 0 Å². The number of nitrogens with one attached hydrogen (secondary N) is 2. The van der Waals surface area contributed by atoms with Crippen LogP contribution in [0.25, 0.3) is 0 Å². The summed E-state index contributed by atoms with van der Waals surface area (Å²) >= 11 is 0. The van der Waals surface area contributed by atoms with Gasteiger partial charge in [0.15, 0.2) is 0 Å². The van der Waals surface area contributed by atoms with Crippen molar-refractivity contribution in [2.45, 2.75) is 6.92 Å². The summed E-state index contributed by atoms with van der Waals surface area (Å²) in [6.07, 6.45) is 1.64. The molecule has 0 unspecified atom stereocenters. The molecule has 0 fully saturated rings. The van der Waals surface area contributed by atoms with Crippen LogP contribution in [-0.2, 0) is 4.79 Å². The summed E-state index contributed by atoms with van der Waals surface area (Å²) in [5, 5.41) is 8.84. The predicted molar refractivity (Wildman–Crippen MR) is 62.7 cm³/mol. The van der Waals surface area contributed by atoms with Gasteiger partial charge in [0.1, 0.15) is 0 Å². The number of carbonyl (C=O) groups is 1. The van der Waals surface area contributed by atoms with Crippen LogP contribution >= 0.6 is 0 Å². The zero-order valence-corrected chi connectivity index (χ0v) is 8.90. The van der Waals surface area contributed by atoms with Crippen LogP contribution in [0.15, 0.2) is 29.4 Å². The van der Waals surface area contributed by atoms with E-state index in [1.807, 2.05) is 12.1 Å². The highest BCUT2D eigenvalue weighted by molar-refractivity contribution is 5.89. The highest BCUT2D eigenvalue weighted by atomic mass is 16.1. The van der Waals surface area contributed by atoms with Gasteiger partial charge in [-0.2, -0.15) is 0 Å². The molecule has 0 bridgehead atoms. The number of anilines is 1. The van der Waals surface area contributed by atoms with Gasteiger partial charge in [0.05, 0.1) is 0 Å². The lowest BCUT2D eigenvalue weighted by atomic mass is 10.2. The minimum Gasteiger partial charge on any atom is -0.365 e. The summed E-state index contributed by atoms with van der Waals surface area (Å²) in [6, 6.07) is 7.20. The number of rotatable bonds is 3. The molecule has 6 nitrogen and oxygen atoms in total. The highest BCUT2D eigenvalue weighted by Crippen LogP contribution is 2.07. The van der Waals surface area contributed by atoms with E-state index in [2.05, 4.69) is 15.5 Å². The minimum atomic E-state index is -0.102. The first-order valence-corrected chi connectivity index (χ1v) is 4.63. The largest absolute Gasteiger partial charge is 0.365 e. The molecule has 1 aromatic rings. The van der Waals surface area contributed by atoms with E-state index in [0.717, 1.165) is 11.3 Å². The molecule has 0 saturated heterocycles. The van der Waals surface area contributed by atoms with Crippen LogP contribution in [0.4, 0.5) is 5.69 Å². The first-order chi connectivity index (χ1) is 7.58. The molecule has 0 radical (unpaired) electrons. The average molecular weight is 220 g/mol. The van der Waals surface area contributed by atoms with Crippen molar-refractivity contribution in [2.24, 2.45) is 16.6 Å². The van der Waals surface area contributed by atoms with E-state index in [-0.39, 0.29) is 11.9 Å². The van der Waals surface area contributed by atoms with Gasteiger partial charge in [-0.1, -0.05) is 0 Å². The Labute approximate surface area is 93.0 Å². The van der Waals surface area contributed by atoms with E-state index in [1.54, 1.807) is 18.3 Å². The van der Waals surface area contributed by atoms with Crippen molar-refractivity contribution in [1.82, 2.24) is 0 Å². The molecule has 1 rings (SSSR count). The first kappa shape index (κ1) is 11.7. The Morgan fingerprint density at radius 2 is 2.00 bits per heavy atom. The molecule has 0 spiro atoms. The summed E-state index contributed by atoms with van der Waals surface area (Å²) in [4.78, 5) is 10.8. The Balaban J connectivity index is 2.68. The molecule has 1 aromatic carbocycles. The van der Waals surface area contributed by atoms with Gasteiger partial charge >= 0.3 is 0 Å². The maximum atomic E-state index is 10.8. The van der Waals surface area contributed by atoms with Gasteiger partial charge in [0.25, 0.3) is 5.96 Å². The number of guanidine groups is 1. The predicted octanol–water partition coefficient (Wildman–Crippen LogP) is -1.67. The molecule has 1 amide bonds. The fraction of sp³-hybridized carbons (Fsp3) is 0.100. The number of benzene rings is 1. The molecule has 0 aliphatic rings. The number of hydrazone groups is 1. The molecule has 0 atom stereocenters. The van der Waals surface area contributed by atoms with Crippen molar-refractivity contribution < 1.29 is 9.90 Å². The molecule has 0 aliphatic carbocycles. The first-order valence-electron chi connectivity index (χ1n) is 4.63. The second-order valence-electron chi connectivity index (χ2n) is 3.11. The fourth-order valence-electron chi connectivity index (χ4n) is 1.05. The monoisotopic (exact) mass is 220 g/mol. The lowest BCUT2D eigenvalue weighted by Gasteiger charge is -2.00. The van der Waals surface area contributed by atoms with Crippen molar-refractivity contribution in [1.29, 1.82) is 0 Å². The van der Waals surface area contributed by atoms with Gasteiger partial charge in [0, 0.05) is 23.3 Å². The van der Waals surface area contributed by atoms with Gasteiger partial charge in [0.2, 0.25) is 12.1 Å². The Morgan fingerprint density at radius 3 is 2.50 bits per heavy atom. The smallest absolute Gasteiger partial charge is 0.256 e. The van der Waals surface area contributed by atoms with E-state index in [1.165, 1.54) is 6.92 Å². The Bertz CT molecular complexity index is 417. The van der Waals surface area contributed by atoms with Crippen LogP contribution in [-0.4, -0.2) is 18.1 Å². The van der Waals surface area contributed by atoms with Crippen molar-refractivity contribution in [3.63, 3.8) is 0 Å². The molecule has 0 saturated carbocycles. The zero-order chi connectivity index (χ0) is 12.0. The topological polar surface area (TPSA) is 107 Å². The van der Waals surface area contributed by atoms with Gasteiger partial charge in [-0.3, -0.25) is 4.79 Å². The average Bonchev–Trinajstić information content (AvgIpc) is 2.19. The Kier molecular flexibility index (Phi) is 4.02. The van der Waals surface area contributed by atoms with Gasteiger partial charge in [-0.15, -0.1) is 5.10 Å². The quantitative estimate of drug-likeness (QED) is 0.278. The fourth-order valence-corrected chi connectivity index (χ4v) is 1.05. The van der Waals surface area contributed by atoms with Gasteiger partial charge in [-0.05, 0) is 24.3 Å². The van der Waals surface area contributed by atoms with Crippen LogP contribution in [0.1, 0.15) is 12.5 Å². The van der Waals surface area contributed by atoms with E-state index < -0.39 is 0 Å². The third kappa shape index (κ3) is 4.23. The molecule has 0 heterocycles. The van der Waals surface area contributed by atoms with Crippen LogP contribution in [0.3, 0.4) is 0 Å². The summed E-state index contributed by atoms with van der Waals surface area (Å²) in [5.74, 6) is -0.138. The third-order valence-electron chi connectivity index (χ3n) is 1.66. The van der Waals surface area contributed by atoms with E-state index in [0.29, 0.717) is 0 Å². The molecule has 6 N–H and O–H groups in total. The second kappa shape index (κ2) is 5.50. The van der Waals surface area contributed by atoms with Crippen LogP contribution in [0.5, 0.6) is 0 Å². The Morgan fingerprint density at radius 1 is 1.38 bits per heavy atom. The van der Waals surface area contributed by atoms with Crippen molar-refractivity contribution in [2.75, 3.05) is 5.32 Å². The van der Waals surface area contributed by atoms with Crippen LogP contribution < -0.4 is 21.9 Å². The second-order valence-corrected chi connectivity index (χ2v) is 3.11. The number of amides is 1. The number of nitrogens with two attached hydrogens (primary N) is 2. The van der Waals surface area contributed by atoms with Crippen LogP contribution in [0.2, 0.25) is 0 Å². The van der Waals surface area contributed by atoms with Gasteiger partial charge < -0.3 is 16.8 Å². The minimum absolute atomic E-state index is 0.0360. The number of hydrogen-bond donors (Lipinski definition) is 4. The highest BCUT2D eigenvalue weighted by Gasteiger charge is 1.96. The number of hydrogen-bond acceptors (Lipinski definition) is 2. The molecule has 16 heavy (non-hydrogen) atoms. The van der Waals surface area contributed by atoms with Crippen molar-refractivity contribution >= 4 is 23.8 Å². The molecular weight excluding hydrogens is 206 g/mol. The summed E-state index contributed by atoms with van der Waals surface area (Å²) in [7, 11) is 0. The lowest BCUT2D eigenvalue weighted by molar-refractivity contribution is -0.456.